The van der Waals surface area contributed by atoms with Crippen LogP contribution in [0.2, 0.25) is 10.0 Å². The Kier molecular flexibility index (Phi) is 4.38. The van der Waals surface area contributed by atoms with Crippen LogP contribution in [-0.4, -0.2) is 21.9 Å². The van der Waals surface area contributed by atoms with Gasteiger partial charge in [-0.15, -0.1) is 5.10 Å². The molecule has 134 valence electrons. The van der Waals surface area contributed by atoms with E-state index in [2.05, 4.69) is 15.4 Å². The van der Waals surface area contributed by atoms with Gasteiger partial charge in [-0.2, -0.15) is 4.98 Å². The zero-order valence-electron chi connectivity index (χ0n) is 14.0. The van der Waals surface area contributed by atoms with Crippen LogP contribution in [0.4, 0.5) is 11.9 Å². The van der Waals surface area contributed by atoms with E-state index >= 15 is 0 Å². The Hall–Kier alpha value is -2.44. The summed E-state index contributed by atoms with van der Waals surface area (Å²) in [5.41, 5.74) is 7.89. The number of fused-ring (bicyclic) bond motifs is 1. The van der Waals surface area contributed by atoms with E-state index in [1.54, 1.807) is 17.9 Å². The molecule has 0 saturated heterocycles. The second-order valence-corrected chi connectivity index (χ2v) is 6.92. The average Bonchev–Trinajstić information content (AvgIpc) is 3.03. The number of aromatic nitrogens is 3. The summed E-state index contributed by atoms with van der Waals surface area (Å²) >= 11 is 12.3. The quantitative estimate of drug-likeness (QED) is 0.697. The number of nitrogens with two attached hydrogens (primary N) is 1. The number of nitrogen functional groups attached to an aromatic ring is 1. The fourth-order valence-corrected chi connectivity index (χ4v) is 3.65. The molecule has 4 rings (SSSR count). The number of benzene rings is 2. The molecule has 26 heavy (non-hydrogen) atoms. The molecule has 0 spiro atoms. The largest absolute Gasteiger partial charge is 0.496 e. The van der Waals surface area contributed by atoms with Crippen molar-refractivity contribution in [3.63, 3.8) is 0 Å². The minimum atomic E-state index is -0.0772. The summed E-state index contributed by atoms with van der Waals surface area (Å²) in [6.07, 6.45) is 0.730. The first-order valence-electron chi connectivity index (χ1n) is 8.13. The summed E-state index contributed by atoms with van der Waals surface area (Å²) in [6.45, 7) is 0. The molecule has 0 unspecified atom stereocenters. The fraction of sp³-hybridized carbons (Fsp3) is 0.222. The van der Waals surface area contributed by atoms with Gasteiger partial charge in [-0.1, -0.05) is 47.5 Å². The van der Waals surface area contributed by atoms with Crippen LogP contribution in [0.25, 0.3) is 0 Å². The smallest absolute Gasteiger partial charge is 0.241 e. The van der Waals surface area contributed by atoms with Crippen LogP contribution in [0.3, 0.4) is 0 Å². The first kappa shape index (κ1) is 17.0. The maximum absolute atomic E-state index is 6.21. The summed E-state index contributed by atoms with van der Waals surface area (Å²) in [7, 11) is 1.66. The fourth-order valence-electron chi connectivity index (χ4n) is 3.34. The van der Waals surface area contributed by atoms with Crippen molar-refractivity contribution in [2.75, 3.05) is 18.2 Å². The van der Waals surface area contributed by atoms with Gasteiger partial charge >= 0.3 is 0 Å². The Labute approximate surface area is 160 Å². The lowest BCUT2D eigenvalue weighted by molar-refractivity contribution is 0.380. The molecule has 1 aliphatic heterocycles. The Morgan fingerprint density at radius 3 is 2.77 bits per heavy atom. The van der Waals surface area contributed by atoms with Gasteiger partial charge in [0.2, 0.25) is 11.9 Å². The van der Waals surface area contributed by atoms with Crippen molar-refractivity contribution in [3.8, 4) is 5.75 Å². The minimum Gasteiger partial charge on any atom is -0.496 e. The first-order valence-corrected chi connectivity index (χ1v) is 8.89. The van der Waals surface area contributed by atoms with E-state index in [1.807, 2.05) is 36.4 Å². The van der Waals surface area contributed by atoms with Crippen molar-refractivity contribution in [2.45, 2.75) is 18.5 Å². The van der Waals surface area contributed by atoms with Gasteiger partial charge in [-0.3, -0.25) is 0 Å². The van der Waals surface area contributed by atoms with Crippen molar-refractivity contribution in [1.29, 1.82) is 0 Å². The summed E-state index contributed by atoms with van der Waals surface area (Å²) in [4.78, 5) is 4.32. The Morgan fingerprint density at radius 1 is 1.19 bits per heavy atom. The maximum atomic E-state index is 6.21. The van der Waals surface area contributed by atoms with Crippen molar-refractivity contribution >= 4 is 35.1 Å². The highest BCUT2D eigenvalue weighted by Crippen LogP contribution is 2.41. The number of methoxy groups -OCH3 is 1. The second kappa shape index (κ2) is 6.70. The van der Waals surface area contributed by atoms with Gasteiger partial charge in [0.05, 0.1) is 29.2 Å². The van der Waals surface area contributed by atoms with Crippen molar-refractivity contribution in [3.05, 3.63) is 63.6 Å². The third-order valence-corrected chi connectivity index (χ3v) is 5.29. The maximum Gasteiger partial charge on any atom is 0.241 e. The molecule has 6 nitrogen and oxygen atoms in total. The lowest BCUT2D eigenvalue weighted by atomic mass is 9.93. The highest BCUT2D eigenvalue weighted by molar-refractivity contribution is 6.42. The van der Waals surface area contributed by atoms with E-state index in [0.717, 1.165) is 23.3 Å². The molecule has 0 saturated carbocycles. The van der Waals surface area contributed by atoms with Crippen LogP contribution >= 0.6 is 23.2 Å². The number of para-hydroxylation sites is 1. The average molecular weight is 390 g/mol. The second-order valence-electron chi connectivity index (χ2n) is 6.10. The number of hydrogen-bond donors (Lipinski definition) is 2. The summed E-state index contributed by atoms with van der Waals surface area (Å²) in [6, 6.07) is 13.4. The van der Waals surface area contributed by atoms with Gasteiger partial charge in [-0.05, 0) is 30.2 Å². The molecule has 3 aromatic rings. The van der Waals surface area contributed by atoms with E-state index in [-0.39, 0.29) is 18.0 Å². The normalized spacial score (nSPS) is 18.9. The Morgan fingerprint density at radius 2 is 2.00 bits per heavy atom. The van der Waals surface area contributed by atoms with Crippen LogP contribution in [0.15, 0.2) is 42.5 Å². The van der Waals surface area contributed by atoms with Crippen LogP contribution in [-0.2, 0) is 0 Å². The van der Waals surface area contributed by atoms with Crippen molar-refractivity contribution in [1.82, 2.24) is 14.8 Å². The number of hydrogen-bond acceptors (Lipinski definition) is 5. The molecule has 2 aromatic carbocycles. The van der Waals surface area contributed by atoms with E-state index in [4.69, 9.17) is 33.7 Å². The predicted octanol–water partition coefficient (Wildman–Crippen LogP) is 4.32. The van der Waals surface area contributed by atoms with Crippen LogP contribution in [0, 0.1) is 0 Å². The lowest BCUT2D eigenvalue weighted by Gasteiger charge is -2.32. The molecule has 0 amide bonds. The molecule has 0 radical (unpaired) electrons. The van der Waals surface area contributed by atoms with Gasteiger partial charge in [0.1, 0.15) is 5.75 Å². The predicted molar refractivity (Wildman–Crippen MR) is 103 cm³/mol. The van der Waals surface area contributed by atoms with Gasteiger partial charge in [0.15, 0.2) is 0 Å². The van der Waals surface area contributed by atoms with Gasteiger partial charge in [0, 0.05) is 5.56 Å². The zero-order chi connectivity index (χ0) is 18.3. The SMILES string of the molecule is COc1ccccc1[C@@H]1C[C@H](c2ccc(Cl)c(Cl)c2)Nc2nc(N)nn21. The highest BCUT2D eigenvalue weighted by Gasteiger charge is 2.32. The number of rotatable bonds is 3. The van der Waals surface area contributed by atoms with E-state index in [0.29, 0.717) is 16.0 Å². The van der Waals surface area contributed by atoms with Crippen molar-refractivity contribution in [2.24, 2.45) is 0 Å². The van der Waals surface area contributed by atoms with Gasteiger partial charge in [0.25, 0.3) is 0 Å². The first-order chi connectivity index (χ1) is 12.6. The Bertz CT molecular complexity index is 959. The standard InChI is InChI=1S/C18H17Cl2N5O/c1-26-16-5-3-2-4-11(16)15-9-14(10-6-7-12(19)13(20)8-10)22-18-23-17(21)24-25(15)18/h2-8,14-15H,9H2,1H3,(H3,21,22,23,24)/t14-,15+/m1/s1. The minimum absolute atomic E-state index is 0.0178. The van der Waals surface area contributed by atoms with Crippen molar-refractivity contribution < 1.29 is 4.74 Å². The van der Waals surface area contributed by atoms with Crippen LogP contribution in [0.1, 0.15) is 29.6 Å². The summed E-state index contributed by atoms with van der Waals surface area (Å²) < 4.78 is 7.35. The molecular weight excluding hydrogens is 373 g/mol. The number of nitrogens with one attached hydrogen (secondary N) is 1. The number of halogens is 2. The molecule has 1 aliphatic rings. The molecule has 0 bridgehead atoms. The summed E-state index contributed by atoms with van der Waals surface area (Å²) in [5, 5.41) is 8.79. The lowest BCUT2D eigenvalue weighted by Crippen LogP contribution is -2.28. The van der Waals surface area contributed by atoms with Gasteiger partial charge < -0.3 is 15.8 Å². The van der Waals surface area contributed by atoms with E-state index in [1.165, 1.54) is 0 Å². The number of ether oxygens (including phenoxy) is 1. The summed E-state index contributed by atoms with van der Waals surface area (Å²) in [5.74, 6) is 1.63. The third-order valence-electron chi connectivity index (χ3n) is 4.55. The molecule has 8 heteroatoms. The number of anilines is 2. The molecule has 0 fully saturated rings. The topological polar surface area (TPSA) is 78.0 Å². The van der Waals surface area contributed by atoms with Crippen LogP contribution < -0.4 is 15.8 Å². The molecule has 3 N–H and O–H groups in total. The van der Waals surface area contributed by atoms with Crippen LogP contribution in [0.5, 0.6) is 5.75 Å². The van der Waals surface area contributed by atoms with E-state index in [9.17, 15) is 0 Å². The zero-order valence-corrected chi connectivity index (χ0v) is 15.5. The molecule has 2 atom stereocenters. The Balaban J connectivity index is 1.79. The van der Waals surface area contributed by atoms with E-state index < -0.39 is 0 Å². The molecular formula is C18H17Cl2N5O. The molecule has 1 aromatic heterocycles. The third kappa shape index (κ3) is 2.95. The molecule has 0 aliphatic carbocycles. The molecule has 2 heterocycles. The number of nitrogens with zero attached hydrogens (tertiary/aromatic N) is 3. The monoisotopic (exact) mass is 389 g/mol. The van der Waals surface area contributed by atoms with Gasteiger partial charge in [-0.25, -0.2) is 4.68 Å². The highest BCUT2D eigenvalue weighted by atomic mass is 35.5.